The fourth-order valence-corrected chi connectivity index (χ4v) is 3.59. The number of carbonyl (C=O) groups excluding carboxylic acids is 1. The van der Waals surface area contributed by atoms with Crippen molar-refractivity contribution in [1.29, 1.82) is 0 Å². The van der Waals surface area contributed by atoms with Crippen molar-refractivity contribution in [2.45, 2.75) is 9.65 Å². The second kappa shape index (κ2) is 7.68. The van der Waals surface area contributed by atoms with E-state index in [1.54, 1.807) is 12.1 Å². The van der Waals surface area contributed by atoms with Gasteiger partial charge >= 0.3 is 0 Å². The Hall–Kier alpha value is -1.36. The molecule has 2 atom stereocenters. The first kappa shape index (κ1) is 17.5. The standard InChI is InChI=1S/C19H13Br2ClO2/c20-17(18(21)19(23)12-6-2-1-3-7-12)16-11-10-15(24-16)13-8-4-5-9-14(13)22/h1-11,17-18H/t17-,18-/m0/s1. The summed E-state index contributed by atoms with van der Waals surface area (Å²) in [6.07, 6.45) is 0. The van der Waals surface area contributed by atoms with Gasteiger partial charge in [-0.05, 0) is 24.3 Å². The summed E-state index contributed by atoms with van der Waals surface area (Å²) in [6.45, 7) is 0. The van der Waals surface area contributed by atoms with Crippen LogP contribution >= 0.6 is 43.5 Å². The molecule has 5 heteroatoms. The Balaban J connectivity index is 1.82. The van der Waals surface area contributed by atoms with E-state index in [4.69, 9.17) is 16.0 Å². The van der Waals surface area contributed by atoms with E-state index in [-0.39, 0.29) is 10.6 Å². The maximum atomic E-state index is 12.6. The highest BCUT2D eigenvalue weighted by atomic mass is 79.9. The molecule has 0 amide bonds. The van der Waals surface area contributed by atoms with Crippen LogP contribution in [0.3, 0.4) is 0 Å². The first-order valence-electron chi connectivity index (χ1n) is 7.30. The molecule has 0 spiro atoms. The maximum absolute atomic E-state index is 12.6. The molecule has 24 heavy (non-hydrogen) atoms. The zero-order valence-corrected chi connectivity index (χ0v) is 16.4. The van der Waals surface area contributed by atoms with E-state index in [0.717, 1.165) is 5.56 Å². The van der Waals surface area contributed by atoms with Gasteiger partial charge in [0.25, 0.3) is 0 Å². The van der Waals surface area contributed by atoms with Crippen molar-refractivity contribution in [1.82, 2.24) is 0 Å². The van der Waals surface area contributed by atoms with E-state index >= 15 is 0 Å². The highest BCUT2D eigenvalue weighted by Crippen LogP contribution is 2.37. The lowest BCUT2D eigenvalue weighted by Crippen LogP contribution is -2.18. The molecular weight excluding hydrogens is 455 g/mol. The molecule has 3 aromatic rings. The molecule has 2 nitrogen and oxygen atoms in total. The highest BCUT2D eigenvalue weighted by molar-refractivity contribution is 9.12. The summed E-state index contributed by atoms with van der Waals surface area (Å²) >= 11 is 13.2. The van der Waals surface area contributed by atoms with Crippen LogP contribution in [0.2, 0.25) is 5.02 Å². The van der Waals surface area contributed by atoms with Crippen LogP contribution in [0.1, 0.15) is 20.9 Å². The first-order valence-corrected chi connectivity index (χ1v) is 9.51. The maximum Gasteiger partial charge on any atom is 0.178 e. The highest BCUT2D eigenvalue weighted by Gasteiger charge is 2.28. The molecule has 1 aromatic heterocycles. The average Bonchev–Trinajstić information content (AvgIpc) is 3.11. The number of ketones is 1. The molecule has 1 heterocycles. The smallest absolute Gasteiger partial charge is 0.178 e. The second-order valence-corrected chi connectivity index (χ2v) is 7.60. The number of alkyl halides is 2. The average molecular weight is 469 g/mol. The molecule has 0 aliphatic carbocycles. The third-order valence-corrected chi connectivity index (χ3v) is 6.57. The van der Waals surface area contributed by atoms with Crippen LogP contribution in [0.25, 0.3) is 11.3 Å². The van der Waals surface area contributed by atoms with Crippen LogP contribution in [0.5, 0.6) is 0 Å². The molecule has 0 bridgehead atoms. The van der Waals surface area contributed by atoms with Crippen molar-refractivity contribution in [2.24, 2.45) is 0 Å². The van der Waals surface area contributed by atoms with Crippen LogP contribution in [0, 0.1) is 0 Å². The molecule has 0 N–H and O–H groups in total. The molecule has 0 aliphatic heterocycles. The molecule has 0 aliphatic rings. The second-order valence-electron chi connectivity index (χ2n) is 5.22. The van der Waals surface area contributed by atoms with Gasteiger partial charge < -0.3 is 4.42 Å². The minimum absolute atomic E-state index is 0.00633. The quantitative estimate of drug-likeness (QED) is 0.309. The van der Waals surface area contributed by atoms with Crippen LogP contribution in [0.15, 0.2) is 71.1 Å². The largest absolute Gasteiger partial charge is 0.460 e. The van der Waals surface area contributed by atoms with E-state index in [9.17, 15) is 4.79 Å². The van der Waals surface area contributed by atoms with Gasteiger partial charge in [0.2, 0.25) is 0 Å². The van der Waals surface area contributed by atoms with Crippen molar-refractivity contribution >= 4 is 49.2 Å². The van der Waals surface area contributed by atoms with Gasteiger partial charge in [0.1, 0.15) is 11.5 Å². The summed E-state index contributed by atoms with van der Waals surface area (Å²) in [6, 6.07) is 20.4. The van der Waals surface area contributed by atoms with Crippen LogP contribution < -0.4 is 0 Å². The number of hydrogen-bond donors (Lipinski definition) is 0. The van der Waals surface area contributed by atoms with Crippen molar-refractivity contribution in [2.75, 3.05) is 0 Å². The van der Waals surface area contributed by atoms with Crippen molar-refractivity contribution in [3.05, 3.63) is 83.1 Å². The molecule has 3 rings (SSSR count). The van der Waals surface area contributed by atoms with Crippen molar-refractivity contribution < 1.29 is 9.21 Å². The molecule has 0 saturated carbocycles. The third kappa shape index (κ3) is 3.66. The number of halogens is 3. The number of Topliss-reactive ketones (excluding diaryl/α,β-unsaturated/α-hetero) is 1. The molecule has 0 fully saturated rings. The third-order valence-electron chi connectivity index (χ3n) is 3.60. The normalized spacial score (nSPS) is 13.5. The van der Waals surface area contributed by atoms with Gasteiger partial charge in [0, 0.05) is 11.1 Å². The Kier molecular flexibility index (Phi) is 5.59. The van der Waals surface area contributed by atoms with Gasteiger partial charge in [-0.25, -0.2) is 0 Å². The Bertz CT molecular complexity index is 845. The van der Waals surface area contributed by atoms with Crippen LogP contribution in [0.4, 0.5) is 0 Å². The number of rotatable bonds is 5. The van der Waals surface area contributed by atoms with Gasteiger partial charge in [0.05, 0.1) is 14.7 Å². The Morgan fingerprint density at radius 1 is 0.917 bits per heavy atom. The van der Waals surface area contributed by atoms with Crippen molar-refractivity contribution in [3.8, 4) is 11.3 Å². The molecule has 0 unspecified atom stereocenters. The van der Waals surface area contributed by atoms with Gasteiger partial charge in [-0.15, -0.1) is 0 Å². The van der Waals surface area contributed by atoms with Gasteiger partial charge in [-0.1, -0.05) is 85.9 Å². The van der Waals surface area contributed by atoms with Crippen molar-refractivity contribution in [3.63, 3.8) is 0 Å². The fourth-order valence-electron chi connectivity index (χ4n) is 2.35. The summed E-state index contributed by atoms with van der Waals surface area (Å²) in [5, 5.41) is 0.625. The van der Waals surface area contributed by atoms with Crippen LogP contribution in [-0.4, -0.2) is 10.6 Å². The van der Waals surface area contributed by atoms with Gasteiger partial charge in [0.15, 0.2) is 5.78 Å². The summed E-state index contributed by atoms with van der Waals surface area (Å²) in [4.78, 5) is 11.8. The molecule has 0 saturated heterocycles. The number of benzene rings is 2. The SMILES string of the molecule is O=C(c1ccccc1)[C@@H](Br)[C@@H](Br)c1ccc(-c2ccccc2Cl)o1. The van der Waals surface area contributed by atoms with E-state index < -0.39 is 4.83 Å². The summed E-state index contributed by atoms with van der Waals surface area (Å²) in [5.74, 6) is 1.33. The lowest BCUT2D eigenvalue weighted by atomic mass is 10.1. The van der Waals surface area contributed by atoms with Gasteiger partial charge in [-0.3, -0.25) is 4.79 Å². The number of carbonyl (C=O) groups is 1. The summed E-state index contributed by atoms with van der Waals surface area (Å²) in [5.41, 5.74) is 1.48. The predicted octanol–water partition coefficient (Wildman–Crippen LogP) is 6.68. The zero-order valence-electron chi connectivity index (χ0n) is 12.5. The number of hydrogen-bond acceptors (Lipinski definition) is 2. The molecule has 2 aromatic carbocycles. The fraction of sp³-hybridized carbons (Fsp3) is 0.105. The zero-order chi connectivity index (χ0) is 17.1. The summed E-state index contributed by atoms with van der Waals surface area (Å²) in [7, 11) is 0. The van der Waals surface area contributed by atoms with E-state index in [0.29, 0.717) is 22.1 Å². The van der Waals surface area contributed by atoms with Crippen LogP contribution in [-0.2, 0) is 0 Å². The van der Waals surface area contributed by atoms with Gasteiger partial charge in [-0.2, -0.15) is 0 Å². The monoisotopic (exact) mass is 466 g/mol. The molecule has 122 valence electrons. The predicted molar refractivity (Wildman–Crippen MR) is 104 cm³/mol. The van der Waals surface area contributed by atoms with E-state index in [2.05, 4.69) is 31.9 Å². The Morgan fingerprint density at radius 3 is 2.29 bits per heavy atom. The van der Waals surface area contributed by atoms with E-state index in [1.807, 2.05) is 54.6 Å². The lowest BCUT2D eigenvalue weighted by molar-refractivity contribution is 0.0989. The summed E-state index contributed by atoms with van der Waals surface area (Å²) < 4.78 is 5.91. The minimum Gasteiger partial charge on any atom is -0.460 e. The van der Waals surface area contributed by atoms with E-state index in [1.165, 1.54) is 0 Å². The topological polar surface area (TPSA) is 30.2 Å². The Labute approximate surface area is 162 Å². The molecular formula is C19H13Br2ClO2. The number of furan rings is 1. The Morgan fingerprint density at radius 2 is 1.58 bits per heavy atom. The first-order chi connectivity index (χ1) is 11.6. The lowest BCUT2D eigenvalue weighted by Gasteiger charge is -2.14. The molecule has 0 radical (unpaired) electrons. The minimum atomic E-state index is -0.440.